The van der Waals surface area contributed by atoms with E-state index in [2.05, 4.69) is 55.4 Å². The summed E-state index contributed by atoms with van der Waals surface area (Å²) in [4.78, 5) is 26.0. The van der Waals surface area contributed by atoms with Crippen molar-refractivity contribution in [1.82, 2.24) is 0 Å². The van der Waals surface area contributed by atoms with Crippen LogP contribution in [0.5, 0.6) is 0 Å². The third-order valence-electron chi connectivity index (χ3n) is 6.81. The number of benzene rings is 2. The molecule has 2 aromatic carbocycles. The Labute approximate surface area is 218 Å². The van der Waals surface area contributed by atoms with Crippen LogP contribution in [0.1, 0.15) is 120 Å². The van der Waals surface area contributed by atoms with Gasteiger partial charge in [-0.15, -0.1) is 0 Å². The van der Waals surface area contributed by atoms with E-state index in [-0.39, 0.29) is 40.9 Å². The van der Waals surface area contributed by atoms with E-state index in [1.165, 1.54) is 11.1 Å². The number of hydrogen-bond donors (Lipinski definition) is 0. The maximum Gasteiger partial charge on any atom is 0.338 e. The van der Waals surface area contributed by atoms with Crippen molar-refractivity contribution in [1.29, 1.82) is 0 Å². The summed E-state index contributed by atoms with van der Waals surface area (Å²) in [5.41, 5.74) is 3.46. The van der Waals surface area contributed by atoms with Gasteiger partial charge in [-0.1, -0.05) is 99.4 Å². The lowest BCUT2D eigenvalue weighted by Crippen LogP contribution is -2.36. The molecular formula is C32H46O4. The fourth-order valence-electron chi connectivity index (χ4n) is 4.29. The first kappa shape index (κ1) is 29.6. The number of hydrogen-bond acceptors (Lipinski definition) is 4. The van der Waals surface area contributed by atoms with Gasteiger partial charge in [0.2, 0.25) is 0 Å². The monoisotopic (exact) mass is 494 g/mol. The van der Waals surface area contributed by atoms with Gasteiger partial charge in [-0.05, 0) is 59.1 Å². The van der Waals surface area contributed by atoms with E-state index in [1.807, 2.05) is 55.5 Å². The molecule has 0 heterocycles. The fraction of sp³-hybridized carbons (Fsp3) is 0.562. The van der Waals surface area contributed by atoms with Crippen molar-refractivity contribution in [2.45, 2.75) is 111 Å². The maximum absolute atomic E-state index is 13.0. The average Bonchev–Trinajstić information content (AvgIpc) is 2.82. The first-order valence-electron chi connectivity index (χ1n) is 13.4. The Morgan fingerprint density at radius 3 is 1.19 bits per heavy atom. The van der Waals surface area contributed by atoms with Crippen molar-refractivity contribution >= 4 is 11.9 Å². The average molecular weight is 495 g/mol. The molecule has 0 bridgehead atoms. The lowest BCUT2D eigenvalue weighted by Gasteiger charge is -2.30. The highest BCUT2D eigenvalue weighted by Gasteiger charge is 2.31. The molecule has 2 atom stereocenters. The van der Waals surface area contributed by atoms with Crippen molar-refractivity contribution in [3.63, 3.8) is 0 Å². The topological polar surface area (TPSA) is 52.6 Å². The minimum absolute atomic E-state index is 0.0199. The number of rotatable bonds is 10. The first-order valence-corrected chi connectivity index (χ1v) is 13.4. The van der Waals surface area contributed by atoms with E-state index >= 15 is 0 Å². The Hall–Kier alpha value is -2.62. The van der Waals surface area contributed by atoms with Crippen molar-refractivity contribution < 1.29 is 19.1 Å². The van der Waals surface area contributed by atoms with Crippen LogP contribution < -0.4 is 0 Å². The molecule has 198 valence electrons. The lowest BCUT2D eigenvalue weighted by atomic mass is 9.86. The second-order valence-electron chi connectivity index (χ2n) is 12.0. The molecule has 2 aromatic rings. The molecule has 36 heavy (non-hydrogen) atoms. The van der Waals surface area contributed by atoms with E-state index in [1.54, 1.807) is 0 Å². The van der Waals surface area contributed by atoms with E-state index in [0.29, 0.717) is 24.0 Å². The molecule has 0 saturated carbocycles. The smallest absolute Gasteiger partial charge is 0.338 e. The summed E-state index contributed by atoms with van der Waals surface area (Å²) in [5.74, 6) is -0.791. The zero-order valence-corrected chi connectivity index (χ0v) is 23.8. The highest BCUT2D eigenvalue weighted by molar-refractivity contribution is 5.90. The van der Waals surface area contributed by atoms with Crippen LogP contribution >= 0.6 is 0 Å². The van der Waals surface area contributed by atoms with Crippen LogP contribution in [-0.2, 0) is 20.3 Å². The van der Waals surface area contributed by atoms with Gasteiger partial charge in [0.1, 0.15) is 12.2 Å². The second kappa shape index (κ2) is 12.6. The third-order valence-corrected chi connectivity index (χ3v) is 6.81. The van der Waals surface area contributed by atoms with Gasteiger partial charge in [-0.2, -0.15) is 0 Å². The molecule has 0 spiro atoms. The molecule has 2 rings (SSSR count). The van der Waals surface area contributed by atoms with E-state index in [9.17, 15) is 9.59 Å². The van der Waals surface area contributed by atoms with E-state index < -0.39 is 0 Å². The molecule has 0 aliphatic heterocycles. The number of esters is 2. The Morgan fingerprint density at radius 1 is 0.639 bits per heavy atom. The van der Waals surface area contributed by atoms with Crippen molar-refractivity contribution in [3.8, 4) is 0 Å². The van der Waals surface area contributed by atoms with Crippen molar-refractivity contribution in [2.75, 3.05) is 0 Å². The molecular weight excluding hydrogens is 448 g/mol. The molecule has 4 heteroatoms. The van der Waals surface area contributed by atoms with Crippen LogP contribution in [0, 0.1) is 5.92 Å². The predicted octanol–water partition coefficient (Wildman–Crippen LogP) is 8.27. The zero-order valence-electron chi connectivity index (χ0n) is 23.8. The quantitative estimate of drug-likeness (QED) is 0.312. The maximum atomic E-state index is 13.0. The molecule has 0 fully saturated rings. The predicted molar refractivity (Wildman–Crippen MR) is 148 cm³/mol. The van der Waals surface area contributed by atoms with Crippen LogP contribution in [0.3, 0.4) is 0 Å². The lowest BCUT2D eigenvalue weighted by molar-refractivity contribution is -0.0328. The molecule has 0 aromatic heterocycles. The Bertz CT molecular complexity index is 893. The van der Waals surface area contributed by atoms with Crippen LogP contribution in [-0.4, -0.2) is 24.1 Å². The highest BCUT2D eigenvalue weighted by Crippen LogP contribution is 2.27. The molecule has 2 unspecified atom stereocenters. The second-order valence-corrected chi connectivity index (χ2v) is 12.0. The number of ether oxygens (including phenoxy) is 2. The zero-order chi connectivity index (χ0) is 27.1. The van der Waals surface area contributed by atoms with Crippen LogP contribution in [0.2, 0.25) is 0 Å². The summed E-state index contributed by atoms with van der Waals surface area (Å²) < 4.78 is 12.0. The summed E-state index contributed by atoms with van der Waals surface area (Å²) in [6.07, 6.45) is 2.49. The summed E-state index contributed by atoms with van der Waals surface area (Å²) >= 11 is 0. The van der Waals surface area contributed by atoms with E-state index in [4.69, 9.17) is 9.47 Å². The first-order chi connectivity index (χ1) is 16.8. The molecule has 4 nitrogen and oxygen atoms in total. The van der Waals surface area contributed by atoms with Gasteiger partial charge in [0.25, 0.3) is 0 Å². The van der Waals surface area contributed by atoms with Gasteiger partial charge in [0.15, 0.2) is 0 Å². The van der Waals surface area contributed by atoms with Crippen LogP contribution in [0.15, 0.2) is 48.5 Å². The Balaban J connectivity index is 2.15. The summed E-state index contributed by atoms with van der Waals surface area (Å²) in [7, 11) is 0. The number of carbonyl (C=O) groups excluding carboxylic acids is 2. The fourth-order valence-corrected chi connectivity index (χ4v) is 4.29. The van der Waals surface area contributed by atoms with Crippen LogP contribution in [0.4, 0.5) is 0 Å². The summed E-state index contributed by atoms with van der Waals surface area (Å²) in [5, 5.41) is 0. The highest BCUT2D eigenvalue weighted by atomic mass is 16.6. The van der Waals surface area contributed by atoms with Gasteiger partial charge in [0.05, 0.1) is 11.1 Å². The SMILES string of the molecule is CCCC(OC(=O)c1ccc(C(C)(C)C)cc1)C(C)C(CCC)OC(=O)c1ccc(C(C)(C)C)cc1. The Morgan fingerprint density at radius 2 is 0.944 bits per heavy atom. The van der Waals surface area contributed by atoms with Gasteiger partial charge in [-0.25, -0.2) is 9.59 Å². The molecule has 0 N–H and O–H groups in total. The summed E-state index contributed by atoms with van der Waals surface area (Å²) in [6.45, 7) is 19.0. The Kier molecular flexibility index (Phi) is 10.3. The largest absolute Gasteiger partial charge is 0.458 e. The number of carbonyl (C=O) groups is 2. The van der Waals surface area contributed by atoms with Gasteiger partial charge < -0.3 is 9.47 Å². The van der Waals surface area contributed by atoms with Crippen molar-refractivity contribution in [2.24, 2.45) is 5.92 Å². The van der Waals surface area contributed by atoms with Gasteiger partial charge >= 0.3 is 11.9 Å². The standard InChI is InChI=1S/C32H46O4/c1-10-12-27(35-29(33)23-14-18-25(19-15-23)31(4,5)6)22(3)28(13-11-2)36-30(34)24-16-20-26(21-17-24)32(7,8)9/h14-22,27-28H,10-13H2,1-9H3. The molecule has 0 radical (unpaired) electrons. The summed E-state index contributed by atoms with van der Waals surface area (Å²) in [6, 6.07) is 15.3. The normalized spacial score (nSPS) is 14.6. The minimum Gasteiger partial charge on any atom is -0.458 e. The van der Waals surface area contributed by atoms with Gasteiger partial charge in [0, 0.05) is 5.92 Å². The minimum atomic E-state index is -0.336. The third kappa shape index (κ3) is 8.21. The van der Waals surface area contributed by atoms with E-state index in [0.717, 1.165) is 12.8 Å². The molecule has 0 amide bonds. The van der Waals surface area contributed by atoms with Gasteiger partial charge in [-0.3, -0.25) is 0 Å². The molecule has 0 saturated heterocycles. The van der Waals surface area contributed by atoms with Crippen LogP contribution in [0.25, 0.3) is 0 Å². The van der Waals surface area contributed by atoms with Crippen molar-refractivity contribution in [3.05, 3.63) is 70.8 Å². The molecule has 0 aliphatic rings. The molecule has 0 aliphatic carbocycles.